The van der Waals surface area contributed by atoms with Crippen molar-refractivity contribution in [3.05, 3.63) is 60.7 Å². The first kappa shape index (κ1) is 16.7. The van der Waals surface area contributed by atoms with Crippen LogP contribution in [-0.2, 0) is 4.52 Å². The topological polar surface area (TPSA) is 40.4 Å². The predicted octanol–water partition coefficient (Wildman–Crippen LogP) is 5.48. The van der Waals surface area contributed by atoms with E-state index >= 15 is 0 Å². The van der Waals surface area contributed by atoms with Crippen LogP contribution in [0.1, 0.15) is 20.8 Å². The van der Waals surface area contributed by atoms with E-state index in [0.29, 0.717) is 5.90 Å². The highest BCUT2D eigenvalue weighted by Gasteiger charge is 2.42. The van der Waals surface area contributed by atoms with Gasteiger partial charge in [0.2, 0.25) is 5.90 Å². The Morgan fingerprint density at radius 1 is 1.00 bits per heavy atom. The smallest absolute Gasteiger partial charge is 0.332 e. The van der Waals surface area contributed by atoms with Crippen molar-refractivity contribution in [1.29, 1.82) is 0 Å². The number of anilines is 1. The summed E-state index contributed by atoms with van der Waals surface area (Å²) in [7, 11) is -2.48. The fourth-order valence-electron chi connectivity index (χ4n) is 2.74. The van der Waals surface area contributed by atoms with Gasteiger partial charge in [0, 0.05) is 20.0 Å². The van der Waals surface area contributed by atoms with E-state index in [0.717, 1.165) is 24.5 Å². The van der Waals surface area contributed by atoms with Gasteiger partial charge in [-0.15, -0.1) is 5.10 Å². The van der Waals surface area contributed by atoms with Gasteiger partial charge in [-0.3, -0.25) is 0 Å². The summed E-state index contributed by atoms with van der Waals surface area (Å²) in [5.74, 6) is 0.652. The van der Waals surface area contributed by atoms with Crippen LogP contribution in [0.4, 0.5) is 11.4 Å². The standard InChI is InChI=1S/C18H23N4OP/c1-4-21(5-2)24(20-17-12-8-6-9-13-17)22(19-16(3)23-24)18-14-10-7-11-15-18/h6-15H,4-5H2,1-3H3. The molecule has 3 rings (SSSR count). The molecule has 0 amide bonds. The van der Waals surface area contributed by atoms with Gasteiger partial charge < -0.3 is 4.52 Å². The van der Waals surface area contributed by atoms with Gasteiger partial charge in [0.1, 0.15) is 0 Å². The monoisotopic (exact) mass is 342 g/mol. The first-order chi connectivity index (χ1) is 11.7. The Hall–Kier alpha value is -2.10. The Morgan fingerprint density at radius 2 is 1.58 bits per heavy atom. The summed E-state index contributed by atoms with van der Waals surface area (Å²) in [4.78, 5) is 0. The van der Waals surface area contributed by atoms with Gasteiger partial charge in [0.15, 0.2) is 0 Å². The Kier molecular flexibility index (Phi) is 5.03. The maximum Gasteiger partial charge on any atom is 0.332 e. The average Bonchev–Trinajstić information content (AvgIpc) is 2.94. The number of hydrazone groups is 1. The molecular formula is C18H23N4OP. The molecule has 2 aromatic rings. The number of nitrogens with zero attached hydrogens (tertiary/aromatic N) is 4. The van der Waals surface area contributed by atoms with Gasteiger partial charge in [-0.2, -0.15) is 9.52 Å². The predicted molar refractivity (Wildman–Crippen MR) is 101 cm³/mol. The van der Waals surface area contributed by atoms with Crippen LogP contribution >= 0.6 is 7.58 Å². The largest absolute Gasteiger partial charge is 0.415 e. The van der Waals surface area contributed by atoms with Crippen LogP contribution in [0, 0.1) is 0 Å². The zero-order valence-corrected chi connectivity index (χ0v) is 15.2. The number of para-hydroxylation sites is 1. The maximum absolute atomic E-state index is 6.31. The highest BCUT2D eigenvalue weighted by atomic mass is 31.2. The van der Waals surface area contributed by atoms with E-state index in [1.54, 1.807) is 0 Å². The van der Waals surface area contributed by atoms with Gasteiger partial charge in [-0.1, -0.05) is 50.2 Å². The highest BCUT2D eigenvalue weighted by molar-refractivity contribution is 7.61. The lowest BCUT2D eigenvalue weighted by Gasteiger charge is -2.35. The highest BCUT2D eigenvalue weighted by Crippen LogP contribution is 2.63. The molecule has 5 nitrogen and oxygen atoms in total. The third kappa shape index (κ3) is 3.10. The lowest BCUT2D eigenvalue weighted by atomic mass is 10.3. The molecule has 2 aromatic carbocycles. The van der Waals surface area contributed by atoms with Crippen LogP contribution in [0.25, 0.3) is 0 Å². The zero-order valence-electron chi connectivity index (χ0n) is 14.3. The van der Waals surface area contributed by atoms with E-state index in [1.807, 2.05) is 72.4 Å². The van der Waals surface area contributed by atoms with Crippen molar-refractivity contribution >= 4 is 24.9 Å². The molecule has 0 aliphatic carbocycles. The van der Waals surface area contributed by atoms with Crippen molar-refractivity contribution in [3.8, 4) is 0 Å². The molecular weight excluding hydrogens is 319 g/mol. The minimum Gasteiger partial charge on any atom is -0.415 e. The van der Waals surface area contributed by atoms with Crippen molar-refractivity contribution in [2.24, 2.45) is 9.85 Å². The molecule has 0 radical (unpaired) electrons. The number of hydrogen-bond acceptors (Lipinski definition) is 3. The van der Waals surface area contributed by atoms with Gasteiger partial charge in [0.05, 0.1) is 11.4 Å². The fourth-order valence-corrected chi connectivity index (χ4v) is 5.66. The zero-order chi connectivity index (χ0) is 17.0. The quantitative estimate of drug-likeness (QED) is 0.676. The molecule has 1 aliphatic rings. The van der Waals surface area contributed by atoms with E-state index < -0.39 is 7.58 Å². The van der Waals surface area contributed by atoms with Crippen molar-refractivity contribution in [1.82, 2.24) is 4.67 Å². The summed E-state index contributed by atoms with van der Waals surface area (Å²) in [6.45, 7) is 7.83. The second-order valence-corrected chi connectivity index (χ2v) is 7.78. The molecule has 1 heterocycles. The minimum atomic E-state index is -2.48. The van der Waals surface area contributed by atoms with Crippen LogP contribution in [0.15, 0.2) is 70.5 Å². The van der Waals surface area contributed by atoms with Crippen LogP contribution in [0.5, 0.6) is 0 Å². The van der Waals surface area contributed by atoms with Gasteiger partial charge in [-0.25, -0.2) is 4.67 Å². The molecule has 0 spiro atoms. The molecule has 0 aromatic heterocycles. The van der Waals surface area contributed by atoms with Crippen molar-refractivity contribution in [3.63, 3.8) is 0 Å². The lowest BCUT2D eigenvalue weighted by molar-refractivity contribution is 0.438. The number of benzene rings is 2. The van der Waals surface area contributed by atoms with Gasteiger partial charge in [0.25, 0.3) is 0 Å². The summed E-state index contributed by atoms with van der Waals surface area (Å²) in [5, 5.41) is 4.67. The second kappa shape index (κ2) is 7.20. The molecule has 0 saturated carbocycles. The Morgan fingerprint density at radius 3 is 2.17 bits per heavy atom. The average molecular weight is 342 g/mol. The number of rotatable bonds is 5. The third-order valence-electron chi connectivity index (χ3n) is 3.82. The Bertz CT molecular complexity index is 757. The molecule has 1 aliphatic heterocycles. The summed E-state index contributed by atoms with van der Waals surface area (Å²) in [5.41, 5.74) is 1.90. The van der Waals surface area contributed by atoms with Crippen LogP contribution in [-0.4, -0.2) is 23.7 Å². The normalized spacial score (nSPS) is 20.0. The summed E-state index contributed by atoms with van der Waals surface area (Å²) >= 11 is 0. The molecule has 1 atom stereocenters. The second-order valence-electron chi connectivity index (χ2n) is 5.42. The third-order valence-corrected chi connectivity index (χ3v) is 6.94. The van der Waals surface area contributed by atoms with E-state index in [2.05, 4.69) is 23.6 Å². The van der Waals surface area contributed by atoms with Crippen molar-refractivity contribution < 1.29 is 4.52 Å². The Labute approximate surface area is 143 Å². The molecule has 0 saturated heterocycles. The lowest BCUT2D eigenvalue weighted by Crippen LogP contribution is -2.27. The number of hydrogen-bond donors (Lipinski definition) is 0. The SMILES string of the molecule is CCN(CC)P1(=Nc2ccccc2)OC(C)=NN1c1ccccc1. The van der Waals surface area contributed by atoms with Crippen LogP contribution in [0.3, 0.4) is 0 Å². The van der Waals surface area contributed by atoms with Gasteiger partial charge in [-0.05, 0) is 24.3 Å². The van der Waals surface area contributed by atoms with Gasteiger partial charge >= 0.3 is 7.58 Å². The molecule has 0 bridgehead atoms. The molecule has 6 heteroatoms. The van der Waals surface area contributed by atoms with E-state index in [4.69, 9.17) is 9.27 Å². The molecule has 24 heavy (non-hydrogen) atoms. The summed E-state index contributed by atoms with van der Waals surface area (Å²) < 4.78 is 15.6. The van der Waals surface area contributed by atoms with E-state index in [-0.39, 0.29) is 0 Å². The molecule has 0 N–H and O–H groups in total. The molecule has 126 valence electrons. The Balaban J connectivity index is 2.19. The van der Waals surface area contributed by atoms with Crippen LogP contribution in [0.2, 0.25) is 0 Å². The maximum atomic E-state index is 6.31. The summed E-state index contributed by atoms with van der Waals surface area (Å²) in [6.07, 6.45) is 0. The van der Waals surface area contributed by atoms with E-state index in [9.17, 15) is 0 Å². The molecule has 0 fully saturated rings. The van der Waals surface area contributed by atoms with Crippen LogP contribution < -0.4 is 4.78 Å². The van der Waals surface area contributed by atoms with Crippen molar-refractivity contribution in [2.75, 3.05) is 17.9 Å². The fraction of sp³-hybridized carbons (Fsp3) is 0.278. The van der Waals surface area contributed by atoms with Crippen molar-refractivity contribution in [2.45, 2.75) is 20.8 Å². The first-order valence-electron chi connectivity index (χ1n) is 8.23. The van der Waals surface area contributed by atoms with E-state index in [1.165, 1.54) is 0 Å². The molecule has 1 unspecified atom stereocenters. The minimum absolute atomic E-state index is 0.652. The summed E-state index contributed by atoms with van der Waals surface area (Å²) in [6, 6.07) is 20.1. The first-order valence-corrected chi connectivity index (χ1v) is 9.79.